The van der Waals surface area contributed by atoms with Crippen molar-refractivity contribution in [2.45, 2.75) is 43.7 Å². The number of nitrogens with one attached hydrogen (secondary N) is 2. The third-order valence-corrected chi connectivity index (χ3v) is 9.93. The summed E-state index contributed by atoms with van der Waals surface area (Å²) in [4.78, 5) is 28.3. The highest BCUT2D eigenvalue weighted by Gasteiger charge is 2.30. The van der Waals surface area contributed by atoms with Crippen LogP contribution in [0.5, 0.6) is 5.75 Å². The lowest BCUT2D eigenvalue weighted by molar-refractivity contribution is -0.121. The van der Waals surface area contributed by atoms with E-state index >= 15 is 0 Å². The molecule has 0 radical (unpaired) electrons. The first-order chi connectivity index (χ1) is 22.9. The van der Waals surface area contributed by atoms with E-state index in [0.717, 1.165) is 49.4 Å². The normalized spacial score (nSPS) is 15.4. The fourth-order valence-corrected chi connectivity index (χ4v) is 6.96. The molecule has 9 heteroatoms. The van der Waals surface area contributed by atoms with Crippen LogP contribution in [0.4, 0.5) is 4.79 Å². The molecule has 7 nitrogen and oxygen atoms in total. The van der Waals surface area contributed by atoms with Gasteiger partial charge in [0.25, 0.3) is 0 Å². The van der Waals surface area contributed by atoms with Crippen LogP contribution in [0.3, 0.4) is 0 Å². The molecule has 0 aromatic heterocycles. The van der Waals surface area contributed by atoms with Crippen molar-refractivity contribution >= 4 is 35.2 Å². The van der Waals surface area contributed by atoms with Crippen LogP contribution >= 0.6 is 23.2 Å². The number of nitrogens with zero attached hydrogens (tertiary/aromatic N) is 1. The van der Waals surface area contributed by atoms with Gasteiger partial charge in [-0.25, -0.2) is 4.79 Å². The summed E-state index contributed by atoms with van der Waals surface area (Å²) in [7, 11) is 1.63. The van der Waals surface area contributed by atoms with E-state index in [1.165, 1.54) is 22.3 Å². The van der Waals surface area contributed by atoms with Crippen LogP contribution in [0.2, 0.25) is 10.0 Å². The predicted molar refractivity (Wildman–Crippen MR) is 186 cm³/mol. The lowest BCUT2D eigenvalue weighted by Gasteiger charge is -2.33. The van der Waals surface area contributed by atoms with E-state index in [-0.39, 0.29) is 30.5 Å². The van der Waals surface area contributed by atoms with E-state index < -0.39 is 6.09 Å². The third-order valence-electron chi connectivity index (χ3n) is 9.19. The fraction of sp³-hybridized carbons (Fsp3) is 0.316. The van der Waals surface area contributed by atoms with Crippen molar-refractivity contribution in [1.29, 1.82) is 0 Å². The van der Waals surface area contributed by atoms with Gasteiger partial charge in [-0.15, -0.1) is 0 Å². The summed E-state index contributed by atoms with van der Waals surface area (Å²) >= 11 is 12.6. The van der Waals surface area contributed by atoms with Crippen LogP contribution in [0.25, 0.3) is 11.1 Å². The monoisotopic (exact) mass is 671 g/mol. The van der Waals surface area contributed by atoms with Gasteiger partial charge in [0.15, 0.2) is 0 Å². The molecule has 6 rings (SSSR count). The van der Waals surface area contributed by atoms with E-state index in [4.69, 9.17) is 32.7 Å². The van der Waals surface area contributed by atoms with Gasteiger partial charge in [-0.1, -0.05) is 89.9 Å². The molecule has 47 heavy (non-hydrogen) atoms. The van der Waals surface area contributed by atoms with E-state index in [1.807, 2.05) is 60.7 Å². The standard InChI is InChI=1S/C38H39Cl2N3O4/c1-46-28-13-10-25(11-14-28)22-37(44)41-27-16-19-43(20-17-27)21-18-36(26-12-15-34(39)35(40)23-26)42-38(45)47-24-33-31-8-4-2-6-29(31)30-7-3-5-9-32(30)33/h2-15,23,27,33,36H,16-22,24H2,1H3,(H,41,44)(H,42,45). The minimum absolute atomic E-state index is 0.0189. The molecule has 1 fully saturated rings. The zero-order valence-electron chi connectivity index (χ0n) is 26.4. The fourth-order valence-electron chi connectivity index (χ4n) is 6.65. The van der Waals surface area contributed by atoms with Crippen molar-refractivity contribution in [1.82, 2.24) is 15.5 Å². The summed E-state index contributed by atoms with van der Waals surface area (Å²) in [5, 5.41) is 7.20. The number of benzene rings is 4. The van der Waals surface area contributed by atoms with Crippen molar-refractivity contribution in [3.05, 3.63) is 123 Å². The predicted octanol–water partition coefficient (Wildman–Crippen LogP) is 7.80. The number of alkyl carbamates (subject to hydrolysis) is 1. The van der Waals surface area contributed by atoms with Gasteiger partial charge in [-0.05, 0) is 76.9 Å². The molecule has 1 aliphatic heterocycles. The summed E-state index contributed by atoms with van der Waals surface area (Å²) in [5.74, 6) is 0.784. The second kappa shape index (κ2) is 15.2. The Balaban J connectivity index is 1.02. The number of likely N-dealkylation sites (tertiary alicyclic amines) is 1. The molecular weight excluding hydrogens is 633 g/mol. The number of rotatable bonds is 11. The van der Waals surface area contributed by atoms with Crippen LogP contribution in [-0.4, -0.2) is 56.3 Å². The number of ether oxygens (including phenoxy) is 2. The van der Waals surface area contributed by atoms with Gasteiger partial charge in [0, 0.05) is 31.6 Å². The average molecular weight is 673 g/mol. The summed E-state index contributed by atoms with van der Waals surface area (Å²) in [5.41, 5.74) is 6.54. The average Bonchev–Trinajstić information content (AvgIpc) is 3.41. The molecule has 4 aromatic carbocycles. The number of carbonyl (C=O) groups is 2. The molecule has 0 bridgehead atoms. The zero-order chi connectivity index (χ0) is 32.8. The highest BCUT2D eigenvalue weighted by atomic mass is 35.5. The van der Waals surface area contributed by atoms with Crippen molar-refractivity contribution in [2.75, 3.05) is 33.4 Å². The number of carbonyl (C=O) groups excluding carboxylic acids is 2. The smallest absolute Gasteiger partial charge is 0.407 e. The Morgan fingerprint density at radius 2 is 1.53 bits per heavy atom. The van der Waals surface area contributed by atoms with Crippen LogP contribution in [0, 0.1) is 0 Å². The first kappa shape index (κ1) is 32.9. The maximum atomic E-state index is 13.3. The highest BCUT2D eigenvalue weighted by molar-refractivity contribution is 6.42. The lowest BCUT2D eigenvalue weighted by Crippen LogP contribution is -2.45. The third kappa shape index (κ3) is 8.10. The zero-order valence-corrected chi connectivity index (χ0v) is 27.9. The number of halogens is 2. The van der Waals surface area contributed by atoms with Gasteiger partial charge in [-0.3, -0.25) is 4.79 Å². The highest BCUT2D eigenvalue weighted by Crippen LogP contribution is 2.44. The Morgan fingerprint density at radius 3 is 2.17 bits per heavy atom. The van der Waals surface area contributed by atoms with Gasteiger partial charge < -0.3 is 25.0 Å². The largest absolute Gasteiger partial charge is 0.497 e. The summed E-state index contributed by atoms with van der Waals surface area (Å²) in [6.07, 6.45) is 2.27. The van der Waals surface area contributed by atoms with Crippen molar-refractivity contribution in [3.63, 3.8) is 0 Å². The van der Waals surface area contributed by atoms with Gasteiger partial charge >= 0.3 is 6.09 Å². The minimum Gasteiger partial charge on any atom is -0.497 e. The van der Waals surface area contributed by atoms with E-state index in [9.17, 15) is 9.59 Å². The van der Waals surface area contributed by atoms with Gasteiger partial charge in [0.2, 0.25) is 5.91 Å². The first-order valence-corrected chi connectivity index (χ1v) is 16.8. The minimum atomic E-state index is -0.471. The lowest BCUT2D eigenvalue weighted by atomic mass is 9.98. The second-order valence-corrected chi connectivity index (χ2v) is 13.0. The Labute approximate surface area is 286 Å². The quantitative estimate of drug-likeness (QED) is 0.170. The van der Waals surface area contributed by atoms with Gasteiger partial charge in [-0.2, -0.15) is 0 Å². The van der Waals surface area contributed by atoms with Crippen LogP contribution in [-0.2, 0) is 16.0 Å². The molecule has 1 aliphatic carbocycles. The van der Waals surface area contributed by atoms with Crippen molar-refractivity contribution in [2.24, 2.45) is 0 Å². The summed E-state index contributed by atoms with van der Waals surface area (Å²) in [6, 6.07) is 29.4. The molecule has 244 valence electrons. The molecule has 2 amide bonds. The summed E-state index contributed by atoms with van der Waals surface area (Å²) < 4.78 is 11.1. The van der Waals surface area contributed by atoms with Gasteiger partial charge in [0.05, 0.1) is 29.6 Å². The van der Waals surface area contributed by atoms with E-state index in [0.29, 0.717) is 22.9 Å². The first-order valence-electron chi connectivity index (χ1n) is 16.1. The number of hydrogen-bond donors (Lipinski definition) is 2. The second-order valence-electron chi connectivity index (χ2n) is 12.2. The number of piperidine rings is 1. The molecule has 4 aromatic rings. The summed E-state index contributed by atoms with van der Waals surface area (Å²) in [6.45, 7) is 2.71. The molecular formula is C38H39Cl2N3O4. The van der Waals surface area contributed by atoms with E-state index in [1.54, 1.807) is 13.2 Å². The van der Waals surface area contributed by atoms with Crippen LogP contribution in [0.15, 0.2) is 91.0 Å². The van der Waals surface area contributed by atoms with Crippen LogP contribution < -0.4 is 15.4 Å². The Hall–Kier alpha value is -4.04. The topological polar surface area (TPSA) is 79.9 Å². The van der Waals surface area contributed by atoms with E-state index in [2.05, 4.69) is 39.8 Å². The molecule has 1 atom stereocenters. The molecule has 0 spiro atoms. The van der Waals surface area contributed by atoms with Crippen molar-refractivity contribution < 1.29 is 19.1 Å². The maximum absolute atomic E-state index is 13.3. The molecule has 0 saturated carbocycles. The molecule has 1 saturated heterocycles. The molecule has 1 heterocycles. The van der Waals surface area contributed by atoms with Crippen molar-refractivity contribution in [3.8, 4) is 16.9 Å². The number of hydrogen-bond acceptors (Lipinski definition) is 5. The molecule has 2 N–H and O–H groups in total. The molecule has 2 aliphatic rings. The SMILES string of the molecule is COc1ccc(CC(=O)NC2CCN(CCC(NC(=O)OCC3c4ccccc4-c4ccccc43)c3ccc(Cl)c(Cl)c3)CC2)cc1. The Bertz CT molecular complexity index is 1660. The maximum Gasteiger partial charge on any atom is 0.407 e. The Kier molecular flexibility index (Phi) is 10.7. The molecule has 1 unspecified atom stereocenters. The Morgan fingerprint density at radius 1 is 0.872 bits per heavy atom. The number of amides is 2. The van der Waals surface area contributed by atoms with Gasteiger partial charge in [0.1, 0.15) is 12.4 Å². The number of fused-ring (bicyclic) bond motifs is 3. The number of methoxy groups -OCH3 is 1. The van der Waals surface area contributed by atoms with Crippen LogP contribution in [0.1, 0.15) is 53.5 Å².